The molecule has 6 heteroatoms. The van der Waals surface area contributed by atoms with Gasteiger partial charge in [0.15, 0.2) is 5.82 Å². The zero-order chi connectivity index (χ0) is 27.2. The monoisotopic (exact) mass is 543 g/mol. The van der Waals surface area contributed by atoms with E-state index < -0.39 is 0 Å². The summed E-state index contributed by atoms with van der Waals surface area (Å²) in [6, 6.07) is 43.1. The summed E-state index contributed by atoms with van der Waals surface area (Å²) < 4.78 is 9.65. The van der Waals surface area contributed by atoms with Crippen LogP contribution < -0.4 is 0 Å². The molecule has 0 bridgehead atoms. The number of pyridine rings is 1. The zero-order valence-corrected chi connectivity index (χ0v) is 22.6. The van der Waals surface area contributed by atoms with Crippen LogP contribution in [0.1, 0.15) is 0 Å². The van der Waals surface area contributed by atoms with Crippen molar-refractivity contribution >= 4 is 44.4 Å². The first-order valence-corrected chi connectivity index (χ1v) is 14.1. The third-order valence-corrected chi connectivity index (χ3v) is 7.88. The summed E-state index contributed by atoms with van der Waals surface area (Å²) in [5.74, 6) is 0.665. The van der Waals surface area contributed by atoms with Gasteiger partial charge in [0.2, 0.25) is 0 Å². The third-order valence-electron chi connectivity index (χ3n) is 7.35. The second-order valence-electron chi connectivity index (χ2n) is 9.85. The SMILES string of the molecule is c1ccc(-c2cc(-c3cc4c(-c5ccccc5)nc5ccccc5c4c4nsnc34)nc(-c3ccccc3)n2)cc1. The summed E-state index contributed by atoms with van der Waals surface area (Å²) in [6.07, 6.45) is 0. The molecule has 5 nitrogen and oxygen atoms in total. The lowest BCUT2D eigenvalue weighted by Gasteiger charge is -2.14. The lowest BCUT2D eigenvalue weighted by Crippen LogP contribution is -1.97. The molecule has 0 amide bonds. The van der Waals surface area contributed by atoms with Gasteiger partial charge in [-0.25, -0.2) is 15.0 Å². The van der Waals surface area contributed by atoms with E-state index in [2.05, 4.69) is 48.5 Å². The van der Waals surface area contributed by atoms with Gasteiger partial charge in [-0.2, -0.15) is 8.75 Å². The van der Waals surface area contributed by atoms with Gasteiger partial charge in [-0.05, 0) is 18.2 Å². The number of aromatic nitrogens is 5. The summed E-state index contributed by atoms with van der Waals surface area (Å²) in [6.45, 7) is 0. The van der Waals surface area contributed by atoms with Crippen LogP contribution in [-0.4, -0.2) is 23.7 Å². The maximum absolute atomic E-state index is 5.15. The Labute approximate surface area is 240 Å². The van der Waals surface area contributed by atoms with Crippen LogP contribution in [0, 0.1) is 0 Å². The Bertz CT molecular complexity index is 2140. The number of hydrogen-bond acceptors (Lipinski definition) is 6. The van der Waals surface area contributed by atoms with Crippen LogP contribution in [0.5, 0.6) is 0 Å². The Kier molecular flexibility index (Phi) is 5.57. The van der Waals surface area contributed by atoms with E-state index in [1.54, 1.807) is 0 Å². The molecule has 0 atom stereocenters. The summed E-state index contributed by atoms with van der Waals surface area (Å²) in [5.41, 5.74) is 9.12. The van der Waals surface area contributed by atoms with Gasteiger partial charge < -0.3 is 0 Å². The van der Waals surface area contributed by atoms with E-state index in [4.69, 9.17) is 23.7 Å². The van der Waals surface area contributed by atoms with Gasteiger partial charge in [-0.3, -0.25) is 0 Å². The minimum absolute atomic E-state index is 0.665. The first kappa shape index (κ1) is 23.5. The van der Waals surface area contributed by atoms with Crippen molar-refractivity contribution in [2.75, 3.05) is 0 Å². The largest absolute Gasteiger partial charge is 0.247 e. The fourth-order valence-corrected chi connectivity index (χ4v) is 6.00. The molecule has 3 aromatic heterocycles. The zero-order valence-electron chi connectivity index (χ0n) is 21.8. The predicted octanol–water partition coefficient (Wildman–Crippen LogP) is 8.85. The van der Waals surface area contributed by atoms with Crippen LogP contribution in [0.4, 0.5) is 0 Å². The Balaban J connectivity index is 1.48. The van der Waals surface area contributed by atoms with Crippen molar-refractivity contribution in [1.82, 2.24) is 23.7 Å². The Hall–Kier alpha value is -5.33. The molecular formula is C35H21N5S. The number of fused-ring (bicyclic) bond motifs is 5. The number of rotatable bonds is 4. The van der Waals surface area contributed by atoms with E-state index in [0.29, 0.717) is 5.82 Å². The molecule has 0 spiro atoms. The van der Waals surface area contributed by atoms with E-state index in [1.807, 2.05) is 78.9 Å². The summed E-state index contributed by atoms with van der Waals surface area (Å²) in [7, 11) is 0. The van der Waals surface area contributed by atoms with Gasteiger partial charge in [0.25, 0.3) is 0 Å². The molecule has 41 heavy (non-hydrogen) atoms. The molecule has 0 N–H and O–H groups in total. The first-order chi connectivity index (χ1) is 20.3. The van der Waals surface area contributed by atoms with Crippen LogP contribution in [0.15, 0.2) is 127 Å². The molecule has 192 valence electrons. The standard InChI is InChI=1S/C35H21N5S/c1-4-12-22(13-5-1)29-21-30(38-35(37-29)24-16-8-3-9-17-24)26-20-27-31(34-33(26)39-41-40-34)25-18-10-11-19-28(25)36-32(27)23-14-6-2-7-15-23/h1-21H. The second kappa shape index (κ2) is 9.70. The van der Waals surface area contributed by atoms with Gasteiger partial charge in [-0.15, -0.1) is 0 Å². The van der Waals surface area contributed by atoms with Crippen molar-refractivity contribution in [1.29, 1.82) is 0 Å². The van der Waals surface area contributed by atoms with E-state index in [0.717, 1.165) is 72.0 Å². The highest BCUT2D eigenvalue weighted by atomic mass is 32.1. The maximum atomic E-state index is 5.15. The van der Waals surface area contributed by atoms with Crippen LogP contribution in [0.2, 0.25) is 0 Å². The fraction of sp³-hybridized carbons (Fsp3) is 0. The highest BCUT2D eigenvalue weighted by Crippen LogP contribution is 2.41. The van der Waals surface area contributed by atoms with Crippen molar-refractivity contribution in [3.8, 4) is 45.2 Å². The molecule has 8 rings (SSSR count). The second-order valence-corrected chi connectivity index (χ2v) is 10.4. The molecule has 0 saturated carbocycles. The van der Waals surface area contributed by atoms with Crippen LogP contribution >= 0.6 is 11.7 Å². The summed E-state index contributed by atoms with van der Waals surface area (Å²) in [4.78, 5) is 15.2. The predicted molar refractivity (Wildman–Crippen MR) is 168 cm³/mol. The van der Waals surface area contributed by atoms with Crippen molar-refractivity contribution < 1.29 is 0 Å². The van der Waals surface area contributed by atoms with E-state index in [1.165, 1.54) is 11.7 Å². The molecule has 8 aromatic rings. The van der Waals surface area contributed by atoms with Crippen LogP contribution in [0.3, 0.4) is 0 Å². The van der Waals surface area contributed by atoms with Crippen molar-refractivity contribution in [2.24, 2.45) is 0 Å². The molecule has 0 aliphatic heterocycles. The fourth-order valence-electron chi connectivity index (χ4n) is 5.43. The van der Waals surface area contributed by atoms with Crippen molar-refractivity contribution in [3.63, 3.8) is 0 Å². The van der Waals surface area contributed by atoms with Gasteiger partial charge >= 0.3 is 0 Å². The lowest BCUT2D eigenvalue weighted by molar-refractivity contribution is 1.18. The highest BCUT2D eigenvalue weighted by molar-refractivity contribution is 7.00. The highest BCUT2D eigenvalue weighted by Gasteiger charge is 2.21. The molecule has 0 aliphatic carbocycles. The van der Waals surface area contributed by atoms with Crippen LogP contribution in [0.25, 0.3) is 77.9 Å². The molecule has 3 heterocycles. The normalized spacial score (nSPS) is 11.4. The molecule has 0 aliphatic rings. The van der Waals surface area contributed by atoms with E-state index in [9.17, 15) is 0 Å². The molecule has 0 saturated heterocycles. The van der Waals surface area contributed by atoms with Gasteiger partial charge in [0.05, 0.1) is 34.3 Å². The number of nitrogens with zero attached hydrogens (tertiary/aromatic N) is 5. The van der Waals surface area contributed by atoms with Crippen molar-refractivity contribution in [3.05, 3.63) is 127 Å². The molecule has 5 aromatic carbocycles. The van der Waals surface area contributed by atoms with E-state index >= 15 is 0 Å². The average molecular weight is 544 g/mol. The first-order valence-electron chi connectivity index (χ1n) is 13.4. The van der Waals surface area contributed by atoms with Crippen LogP contribution in [-0.2, 0) is 0 Å². The minimum atomic E-state index is 0.665. The molecule has 0 fully saturated rings. The van der Waals surface area contributed by atoms with Gasteiger partial charge in [0, 0.05) is 38.4 Å². The topological polar surface area (TPSA) is 64.5 Å². The smallest absolute Gasteiger partial charge is 0.160 e. The Morgan fingerprint density at radius 1 is 0.463 bits per heavy atom. The van der Waals surface area contributed by atoms with Crippen molar-refractivity contribution in [2.45, 2.75) is 0 Å². The number of para-hydroxylation sites is 1. The molecule has 0 radical (unpaired) electrons. The minimum Gasteiger partial charge on any atom is -0.247 e. The third kappa shape index (κ3) is 4.04. The Morgan fingerprint density at radius 3 is 1.83 bits per heavy atom. The number of benzene rings is 5. The lowest BCUT2D eigenvalue weighted by atomic mass is 9.95. The molecule has 0 unspecified atom stereocenters. The van der Waals surface area contributed by atoms with Gasteiger partial charge in [0.1, 0.15) is 11.0 Å². The maximum Gasteiger partial charge on any atom is 0.160 e. The van der Waals surface area contributed by atoms with Gasteiger partial charge in [-0.1, -0.05) is 109 Å². The average Bonchev–Trinajstić information content (AvgIpc) is 3.55. The summed E-state index contributed by atoms with van der Waals surface area (Å²) >= 11 is 1.22. The quantitative estimate of drug-likeness (QED) is 0.208. The summed E-state index contributed by atoms with van der Waals surface area (Å²) in [5, 5.41) is 3.14. The van der Waals surface area contributed by atoms with E-state index in [-0.39, 0.29) is 0 Å². The number of hydrogen-bond donors (Lipinski definition) is 0. The molecular weight excluding hydrogens is 522 g/mol. The Morgan fingerprint density at radius 2 is 1.07 bits per heavy atom.